The van der Waals surface area contributed by atoms with E-state index in [1.165, 1.54) is 15.8 Å². The maximum absolute atomic E-state index is 13.0. The molecule has 0 saturated carbocycles. The largest absolute Gasteiger partial charge is 0.292 e. The van der Waals surface area contributed by atoms with Gasteiger partial charge >= 0.3 is 0 Å². The highest BCUT2D eigenvalue weighted by Crippen LogP contribution is 2.19. The molecular formula is C25H20N4O2. The Balaban J connectivity index is 1.47. The van der Waals surface area contributed by atoms with Gasteiger partial charge in [0.1, 0.15) is 0 Å². The number of rotatable bonds is 4. The summed E-state index contributed by atoms with van der Waals surface area (Å²) in [6, 6.07) is 24.8. The second-order valence-corrected chi connectivity index (χ2v) is 7.58. The molecule has 0 saturated heterocycles. The van der Waals surface area contributed by atoms with Crippen molar-refractivity contribution in [1.82, 2.24) is 15.2 Å². The molecule has 6 heteroatoms. The molecule has 4 aromatic rings. The number of hydrazone groups is 1. The van der Waals surface area contributed by atoms with E-state index in [-0.39, 0.29) is 17.8 Å². The second-order valence-electron chi connectivity index (χ2n) is 7.58. The topological polar surface area (TPSA) is 76.3 Å². The van der Waals surface area contributed by atoms with Crippen molar-refractivity contribution < 1.29 is 4.79 Å². The van der Waals surface area contributed by atoms with Gasteiger partial charge in [-0.25, -0.2) is 10.1 Å². The van der Waals surface area contributed by atoms with Gasteiger partial charge in [0.15, 0.2) is 5.69 Å². The number of hydrogen-bond donors (Lipinski definition) is 1. The molecule has 1 aliphatic rings. The van der Waals surface area contributed by atoms with Gasteiger partial charge in [0, 0.05) is 23.9 Å². The fourth-order valence-corrected chi connectivity index (χ4v) is 3.93. The maximum atomic E-state index is 13.0. The van der Waals surface area contributed by atoms with Gasteiger partial charge in [0.2, 0.25) is 0 Å². The van der Waals surface area contributed by atoms with Crippen LogP contribution in [-0.4, -0.2) is 21.4 Å². The monoisotopic (exact) mass is 408 g/mol. The minimum Gasteiger partial charge on any atom is -0.267 e. The molecule has 1 N–H and O–H groups in total. The molecule has 0 spiro atoms. The molecule has 5 rings (SSSR count). The van der Waals surface area contributed by atoms with Crippen LogP contribution in [0.15, 0.2) is 88.8 Å². The van der Waals surface area contributed by atoms with E-state index in [1.807, 2.05) is 42.5 Å². The lowest BCUT2D eigenvalue weighted by atomic mass is 10.1. The predicted octanol–water partition coefficient (Wildman–Crippen LogP) is 3.33. The SMILES string of the molecule is O=C(NN=C1Cc2ccccc2C1)c1nn(Cc2ccccc2)c(=O)c2ccccc12. The molecule has 0 bridgehead atoms. The Labute approximate surface area is 178 Å². The van der Waals surface area contributed by atoms with Crippen LogP contribution < -0.4 is 11.0 Å². The Morgan fingerprint density at radius 1 is 0.871 bits per heavy atom. The number of nitrogens with zero attached hydrogens (tertiary/aromatic N) is 3. The van der Waals surface area contributed by atoms with E-state index in [1.54, 1.807) is 24.3 Å². The van der Waals surface area contributed by atoms with Crippen molar-refractivity contribution in [2.75, 3.05) is 0 Å². The summed E-state index contributed by atoms with van der Waals surface area (Å²) in [6.45, 7) is 0.286. The lowest BCUT2D eigenvalue weighted by Crippen LogP contribution is -2.29. The van der Waals surface area contributed by atoms with Crippen LogP contribution in [0.5, 0.6) is 0 Å². The lowest BCUT2D eigenvalue weighted by molar-refractivity contribution is 0.0949. The van der Waals surface area contributed by atoms with E-state index < -0.39 is 5.91 Å². The fraction of sp³-hybridized carbons (Fsp3) is 0.120. The van der Waals surface area contributed by atoms with Gasteiger partial charge in [-0.1, -0.05) is 72.8 Å². The van der Waals surface area contributed by atoms with Crippen LogP contribution in [0.1, 0.15) is 27.2 Å². The standard InChI is InChI=1S/C25H20N4O2/c30-24(27-26-20-14-18-10-4-5-11-19(18)15-20)23-21-12-6-7-13-22(21)25(31)29(28-23)16-17-8-2-1-3-9-17/h1-13H,14-16H2,(H,27,30). The lowest BCUT2D eigenvalue weighted by Gasteiger charge is -2.10. The van der Waals surface area contributed by atoms with Gasteiger partial charge in [-0.05, 0) is 22.8 Å². The Kier molecular flexibility index (Phi) is 4.88. The molecule has 3 aromatic carbocycles. The highest BCUT2D eigenvalue weighted by atomic mass is 16.2. The van der Waals surface area contributed by atoms with Crippen molar-refractivity contribution in [3.05, 3.63) is 112 Å². The van der Waals surface area contributed by atoms with E-state index >= 15 is 0 Å². The van der Waals surface area contributed by atoms with Crippen molar-refractivity contribution in [1.29, 1.82) is 0 Å². The van der Waals surface area contributed by atoms with Crippen LogP contribution in [-0.2, 0) is 19.4 Å². The Hall–Kier alpha value is -4.06. The third-order valence-corrected chi connectivity index (χ3v) is 5.48. The van der Waals surface area contributed by atoms with Gasteiger partial charge in [-0.2, -0.15) is 10.2 Å². The first kappa shape index (κ1) is 18.9. The van der Waals surface area contributed by atoms with Crippen LogP contribution in [0.25, 0.3) is 10.8 Å². The van der Waals surface area contributed by atoms with Gasteiger partial charge < -0.3 is 0 Å². The number of carbonyl (C=O) groups excluding carboxylic acids is 1. The summed E-state index contributed by atoms with van der Waals surface area (Å²) in [5, 5.41) is 9.73. The zero-order chi connectivity index (χ0) is 21.2. The van der Waals surface area contributed by atoms with Crippen LogP contribution >= 0.6 is 0 Å². The number of nitrogens with one attached hydrogen (secondary N) is 1. The quantitative estimate of drug-likeness (QED) is 0.526. The summed E-state index contributed by atoms with van der Waals surface area (Å²) in [5.74, 6) is -0.429. The maximum Gasteiger partial charge on any atom is 0.292 e. The molecule has 6 nitrogen and oxygen atoms in total. The van der Waals surface area contributed by atoms with Gasteiger partial charge in [0.05, 0.1) is 11.9 Å². The van der Waals surface area contributed by atoms with Crippen LogP contribution in [0, 0.1) is 0 Å². The molecular weight excluding hydrogens is 388 g/mol. The van der Waals surface area contributed by atoms with Gasteiger partial charge in [-0.3, -0.25) is 9.59 Å². The molecule has 1 aliphatic carbocycles. The highest BCUT2D eigenvalue weighted by molar-refractivity contribution is 6.05. The van der Waals surface area contributed by atoms with Gasteiger partial charge in [0.25, 0.3) is 11.5 Å². The minimum absolute atomic E-state index is 0.186. The number of benzene rings is 3. The molecule has 0 fully saturated rings. The number of aromatic nitrogens is 2. The van der Waals surface area contributed by atoms with Crippen molar-refractivity contribution in [3.8, 4) is 0 Å². The summed E-state index contributed by atoms with van der Waals surface area (Å²) >= 11 is 0. The van der Waals surface area contributed by atoms with Crippen LogP contribution in [0.3, 0.4) is 0 Å². The first-order valence-electron chi connectivity index (χ1n) is 10.2. The average molecular weight is 408 g/mol. The first-order valence-corrected chi connectivity index (χ1v) is 10.2. The summed E-state index contributed by atoms with van der Waals surface area (Å²) in [6.07, 6.45) is 1.44. The van der Waals surface area contributed by atoms with E-state index in [2.05, 4.69) is 27.8 Å². The summed E-state index contributed by atoms with van der Waals surface area (Å²) in [4.78, 5) is 25.9. The van der Waals surface area contributed by atoms with E-state index in [9.17, 15) is 9.59 Å². The second kappa shape index (κ2) is 7.99. The zero-order valence-corrected chi connectivity index (χ0v) is 16.8. The predicted molar refractivity (Wildman–Crippen MR) is 120 cm³/mol. The van der Waals surface area contributed by atoms with Gasteiger partial charge in [-0.15, -0.1) is 0 Å². The Morgan fingerprint density at radius 3 is 2.19 bits per heavy atom. The summed E-state index contributed by atoms with van der Waals surface area (Å²) in [5.41, 5.74) is 6.90. The van der Waals surface area contributed by atoms with E-state index in [0.29, 0.717) is 10.8 Å². The van der Waals surface area contributed by atoms with Crippen LogP contribution in [0.4, 0.5) is 0 Å². The number of amides is 1. The Bertz CT molecular complexity index is 1350. The molecule has 0 aliphatic heterocycles. The Morgan fingerprint density at radius 2 is 1.48 bits per heavy atom. The van der Waals surface area contributed by atoms with E-state index in [4.69, 9.17) is 0 Å². The smallest absolute Gasteiger partial charge is 0.267 e. The summed E-state index contributed by atoms with van der Waals surface area (Å²) < 4.78 is 1.34. The van der Waals surface area contributed by atoms with Crippen molar-refractivity contribution in [2.45, 2.75) is 19.4 Å². The number of hydrogen-bond acceptors (Lipinski definition) is 4. The average Bonchev–Trinajstić information content (AvgIpc) is 3.23. The molecule has 1 amide bonds. The minimum atomic E-state index is -0.429. The van der Waals surface area contributed by atoms with Crippen molar-refractivity contribution >= 4 is 22.4 Å². The zero-order valence-electron chi connectivity index (χ0n) is 16.8. The van der Waals surface area contributed by atoms with E-state index in [0.717, 1.165) is 24.1 Å². The number of carbonyl (C=O) groups is 1. The molecule has 0 unspecified atom stereocenters. The number of fused-ring (bicyclic) bond motifs is 2. The third kappa shape index (κ3) is 3.75. The highest BCUT2D eigenvalue weighted by Gasteiger charge is 2.19. The molecule has 1 heterocycles. The van der Waals surface area contributed by atoms with Crippen molar-refractivity contribution in [3.63, 3.8) is 0 Å². The molecule has 31 heavy (non-hydrogen) atoms. The fourth-order valence-electron chi connectivity index (χ4n) is 3.93. The molecule has 0 radical (unpaired) electrons. The van der Waals surface area contributed by atoms with Crippen LogP contribution in [0.2, 0.25) is 0 Å². The first-order chi connectivity index (χ1) is 15.2. The molecule has 152 valence electrons. The summed E-state index contributed by atoms with van der Waals surface area (Å²) in [7, 11) is 0. The normalized spacial score (nSPS) is 12.6. The molecule has 1 aromatic heterocycles. The van der Waals surface area contributed by atoms with Crippen molar-refractivity contribution in [2.24, 2.45) is 5.10 Å². The molecule has 0 atom stereocenters. The third-order valence-electron chi connectivity index (χ3n) is 5.48.